The SMILES string of the molecule is COc1ccc2[nH]c(C)c(CCCCC3CC(c4ccccc4)=CCN3)c2c1. The van der Waals surface area contributed by atoms with Gasteiger partial charge in [0.2, 0.25) is 0 Å². The Morgan fingerprint density at radius 2 is 1.93 bits per heavy atom. The van der Waals surface area contributed by atoms with Gasteiger partial charge in [-0.3, -0.25) is 0 Å². The van der Waals surface area contributed by atoms with Crippen molar-refractivity contribution in [2.75, 3.05) is 13.7 Å². The second-order valence-electron chi connectivity index (χ2n) is 7.79. The van der Waals surface area contributed by atoms with Crippen molar-refractivity contribution in [2.45, 2.75) is 45.1 Å². The van der Waals surface area contributed by atoms with Gasteiger partial charge < -0.3 is 15.0 Å². The molecule has 1 aliphatic heterocycles. The van der Waals surface area contributed by atoms with E-state index in [9.17, 15) is 0 Å². The minimum Gasteiger partial charge on any atom is -0.497 e. The second-order valence-corrected chi connectivity index (χ2v) is 7.79. The molecule has 2 aromatic carbocycles. The first kappa shape index (κ1) is 18.8. The molecule has 0 fully saturated rings. The molecule has 1 aromatic heterocycles. The molecule has 1 aliphatic rings. The zero-order valence-corrected chi connectivity index (χ0v) is 16.9. The van der Waals surface area contributed by atoms with Crippen LogP contribution in [0.25, 0.3) is 16.5 Å². The highest BCUT2D eigenvalue weighted by molar-refractivity contribution is 5.86. The molecule has 3 nitrogen and oxygen atoms in total. The summed E-state index contributed by atoms with van der Waals surface area (Å²) in [5.74, 6) is 0.930. The van der Waals surface area contributed by atoms with Crippen molar-refractivity contribution < 1.29 is 4.74 Å². The minimum atomic E-state index is 0.587. The molecule has 0 saturated heterocycles. The number of aromatic nitrogens is 1. The van der Waals surface area contributed by atoms with Crippen LogP contribution < -0.4 is 10.1 Å². The molecule has 0 aliphatic carbocycles. The van der Waals surface area contributed by atoms with E-state index in [0.717, 1.165) is 25.1 Å². The maximum absolute atomic E-state index is 5.41. The van der Waals surface area contributed by atoms with E-state index >= 15 is 0 Å². The van der Waals surface area contributed by atoms with Crippen LogP contribution in [-0.2, 0) is 6.42 Å². The van der Waals surface area contributed by atoms with Gasteiger partial charge in [0.15, 0.2) is 0 Å². The van der Waals surface area contributed by atoms with Crippen LogP contribution in [0.2, 0.25) is 0 Å². The third kappa shape index (κ3) is 4.15. The number of hydrogen-bond acceptors (Lipinski definition) is 2. The third-order valence-electron chi connectivity index (χ3n) is 5.92. The first-order valence-electron chi connectivity index (χ1n) is 10.4. The van der Waals surface area contributed by atoms with Gasteiger partial charge in [-0.05, 0) is 67.5 Å². The molecular weight excluding hydrogens is 344 g/mol. The zero-order valence-electron chi connectivity index (χ0n) is 16.9. The average Bonchev–Trinajstić information content (AvgIpc) is 3.06. The Hall–Kier alpha value is -2.52. The standard InChI is InChI=1S/C25H30N2O/c1-18-23(24-17-22(28-2)12-13-25(24)27-18)11-7-6-10-21-16-20(14-15-26-21)19-8-4-3-5-9-19/h3-5,8-9,12-14,17,21,26-27H,6-7,10-11,15-16H2,1-2H3. The van der Waals surface area contributed by atoms with E-state index in [4.69, 9.17) is 4.74 Å². The van der Waals surface area contributed by atoms with Crippen LogP contribution in [0.3, 0.4) is 0 Å². The van der Waals surface area contributed by atoms with E-state index in [2.05, 4.69) is 65.8 Å². The summed E-state index contributed by atoms with van der Waals surface area (Å²) < 4.78 is 5.41. The van der Waals surface area contributed by atoms with E-state index in [-0.39, 0.29) is 0 Å². The number of fused-ring (bicyclic) bond motifs is 1. The number of nitrogens with one attached hydrogen (secondary N) is 2. The third-order valence-corrected chi connectivity index (χ3v) is 5.92. The number of H-pyrrole nitrogens is 1. The highest BCUT2D eigenvalue weighted by Crippen LogP contribution is 2.28. The number of methoxy groups -OCH3 is 1. The predicted octanol–water partition coefficient (Wildman–Crippen LogP) is 5.64. The monoisotopic (exact) mass is 374 g/mol. The predicted molar refractivity (Wildman–Crippen MR) is 118 cm³/mol. The van der Waals surface area contributed by atoms with Gasteiger partial charge in [-0.2, -0.15) is 0 Å². The molecule has 0 amide bonds. The average molecular weight is 375 g/mol. The molecule has 3 aromatic rings. The number of benzene rings is 2. The van der Waals surface area contributed by atoms with Gasteiger partial charge in [0, 0.05) is 29.2 Å². The number of aryl methyl sites for hydroxylation is 2. The van der Waals surface area contributed by atoms with E-state index in [1.807, 2.05) is 6.07 Å². The quantitative estimate of drug-likeness (QED) is 0.525. The van der Waals surface area contributed by atoms with Crippen molar-refractivity contribution in [1.82, 2.24) is 10.3 Å². The summed E-state index contributed by atoms with van der Waals surface area (Å²) in [6.07, 6.45) is 8.28. The fourth-order valence-corrected chi connectivity index (χ4v) is 4.36. The Kier molecular flexibility index (Phi) is 5.82. The Balaban J connectivity index is 1.32. The smallest absolute Gasteiger partial charge is 0.119 e. The minimum absolute atomic E-state index is 0.587. The van der Waals surface area contributed by atoms with Gasteiger partial charge in [0.25, 0.3) is 0 Å². The molecule has 0 bridgehead atoms. The lowest BCUT2D eigenvalue weighted by atomic mass is 9.92. The molecule has 0 spiro atoms. The molecule has 0 saturated carbocycles. The molecule has 1 unspecified atom stereocenters. The maximum Gasteiger partial charge on any atom is 0.119 e. The van der Waals surface area contributed by atoms with Gasteiger partial charge in [0.05, 0.1) is 7.11 Å². The summed E-state index contributed by atoms with van der Waals surface area (Å²) in [6, 6.07) is 17.7. The number of rotatable bonds is 7. The van der Waals surface area contributed by atoms with Crippen molar-refractivity contribution in [3.05, 3.63) is 71.4 Å². The Labute approximate surface area is 167 Å². The number of aromatic amines is 1. The molecule has 2 heterocycles. The summed E-state index contributed by atoms with van der Waals surface area (Å²) in [6.45, 7) is 3.16. The van der Waals surface area contributed by atoms with Crippen molar-refractivity contribution in [3.63, 3.8) is 0 Å². The van der Waals surface area contributed by atoms with Crippen LogP contribution in [0.1, 0.15) is 42.5 Å². The molecular formula is C25H30N2O. The lowest BCUT2D eigenvalue weighted by Crippen LogP contribution is -2.32. The molecule has 4 rings (SSSR count). The lowest BCUT2D eigenvalue weighted by Gasteiger charge is -2.24. The van der Waals surface area contributed by atoms with Crippen molar-refractivity contribution in [2.24, 2.45) is 0 Å². The fraction of sp³-hybridized carbons (Fsp3) is 0.360. The van der Waals surface area contributed by atoms with Crippen LogP contribution in [0.5, 0.6) is 5.75 Å². The van der Waals surface area contributed by atoms with Crippen molar-refractivity contribution in [1.29, 1.82) is 0 Å². The molecule has 146 valence electrons. The first-order valence-corrected chi connectivity index (χ1v) is 10.4. The van der Waals surface area contributed by atoms with Crippen molar-refractivity contribution in [3.8, 4) is 5.75 Å². The first-order chi connectivity index (χ1) is 13.7. The van der Waals surface area contributed by atoms with Crippen LogP contribution in [0.15, 0.2) is 54.6 Å². The summed E-state index contributed by atoms with van der Waals surface area (Å²) in [5.41, 5.74) is 6.80. The van der Waals surface area contributed by atoms with Crippen LogP contribution >= 0.6 is 0 Å². The normalized spacial score (nSPS) is 16.9. The molecule has 3 heteroatoms. The van der Waals surface area contributed by atoms with Crippen LogP contribution in [-0.4, -0.2) is 24.7 Å². The number of hydrogen-bond donors (Lipinski definition) is 2. The number of unbranched alkanes of at least 4 members (excludes halogenated alkanes) is 1. The fourth-order valence-electron chi connectivity index (χ4n) is 4.36. The van der Waals surface area contributed by atoms with Gasteiger partial charge in [-0.15, -0.1) is 0 Å². The van der Waals surface area contributed by atoms with Crippen LogP contribution in [0, 0.1) is 6.92 Å². The zero-order chi connectivity index (χ0) is 19.3. The largest absolute Gasteiger partial charge is 0.497 e. The van der Waals surface area contributed by atoms with Gasteiger partial charge in [-0.25, -0.2) is 0 Å². The van der Waals surface area contributed by atoms with Gasteiger partial charge >= 0.3 is 0 Å². The number of ether oxygens (including phenoxy) is 1. The van der Waals surface area contributed by atoms with Gasteiger partial charge in [-0.1, -0.05) is 42.8 Å². The van der Waals surface area contributed by atoms with Crippen molar-refractivity contribution >= 4 is 16.5 Å². The van der Waals surface area contributed by atoms with Gasteiger partial charge in [0.1, 0.15) is 5.75 Å². The summed E-state index contributed by atoms with van der Waals surface area (Å²) in [5, 5.41) is 4.98. The maximum atomic E-state index is 5.41. The summed E-state index contributed by atoms with van der Waals surface area (Å²) in [7, 11) is 1.73. The molecule has 1 atom stereocenters. The topological polar surface area (TPSA) is 37.0 Å². The van der Waals surface area contributed by atoms with E-state index in [1.54, 1.807) is 7.11 Å². The van der Waals surface area contributed by atoms with E-state index in [0.29, 0.717) is 6.04 Å². The van der Waals surface area contributed by atoms with Crippen LogP contribution in [0.4, 0.5) is 0 Å². The Morgan fingerprint density at radius 3 is 2.75 bits per heavy atom. The van der Waals surface area contributed by atoms with E-state index in [1.165, 1.54) is 52.6 Å². The summed E-state index contributed by atoms with van der Waals surface area (Å²) >= 11 is 0. The summed E-state index contributed by atoms with van der Waals surface area (Å²) in [4.78, 5) is 3.52. The second kappa shape index (κ2) is 8.66. The molecule has 0 radical (unpaired) electrons. The molecule has 2 N–H and O–H groups in total. The highest BCUT2D eigenvalue weighted by Gasteiger charge is 2.16. The Bertz CT molecular complexity index is 955. The van der Waals surface area contributed by atoms with E-state index < -0.39 is 0 Å². The highest BCUT2D eigenvalue weighted by atomic mass is 16.5. The lowest BCUT2D eigenvalue weighted by molar-refractivity contribution is 0.415. The molecule has 28 heavy (non-hydrogen) atoms. The Morgan fingerprint density at radius 1 is 1.07 bits per heavy atom.